The van der Waals surface area contributed by atoms with E-state index in [2.05, 4.69) is 5.32 Å². The molecule has 15 heteroatoms. The average Bonchev–Trinajstić information content (AvgIpc) is 3.15. The number of hydrogen-bond acceptors (Lipinski definition) is 14. The topological polar surface area (TPSA) is 221 Å². The normalized spacial score (nSPS) is 34.0. The first-order chi connectivity index (χ1) is 27.3. The molecule has 0 unspecified atom stereocenters. The SMILES string of the molecule is CC(=O)O[C@@]12CO[C@]1(C)C[C@H](O)[C@@]1(C)C(=O)[C@H](O)C3=C(C)[C@@H](OC(=O)C(=O)[C@@H](NC(=O)OC(C)(C)C)c4ccccc4)C[C@@](O)([C@@H](OC(=O)c4ccccc4)[C@@H]12)C3(C)C. The molecule has 2 aromatic carbocycles. The van der Waals surface area contributed by atoms with Gasteiger partial charge < -0.3 is 44.3 Å². The Morgan fingerprint density at radius 1 is 0.898 bits per heavy atom. The largest absolute Gasteiger partial charge is 0.455 e. The standard InChI is InChI=1S/C44H53NO14/c1-23-27(56-37(52)32(49)30(25-16-12-10-13-17-25)45-38(53)59-39(3,4)5)20-43(54)35(57-36(51)26-18-14-11-15-19-26)33-42(9,34(50)31(48)29(23)40(43,6)7)28(47)21-41(8)44(33,22-55-41)58-24(2)46/h10-19,27-28,30-31,33,35,47-48,54H,20-22H2,1-9H3,(H,45,53)/t27-,28-,30-,31+,33-,35-,41+,42+,43+,44+/m0/s1. The lowest BCUT2D eigenvalue weighted by Gasteiger charge is -2.70. The molecule has 6 rings (SSSR count). The van der Waals surface area contributed by atoms with E-state index in [1.807, 2.05) is 0 Å². The first kappa shape index (κ1) is 43.6. The summed E-state index contributed by atoms with van der Waals surface area (Å²) in [5.41, 5.74) is -10.0. The van der Waals surface area contributed by atoms with E-state index in [9.17, 15) is 39.3 Å². The van der Waals surface area contributed by atoms with Gasteiger partial charge in [-0.15, -0.1) is 0 Å². The van der Waals surface area contributed by atoms with Crippen molar-refractivity contribution in [3.8, 4) is 0 Å². The van der Waals surface area contributed by atoms with Crippen LogP contribution in [0.2, 0.25) is 0 Å². The molecule has 1 amide bonds. The molecular formula is C44H53NO14. The number of ketones is 2. The van der Waals surface area contributed by atoms with Gasteiger partial charge in [0.1, 0.15) is 41.2 Å². The number of benzene rings is 2. The molecule has 2 bridgehead atoms. The van der Waals surface area contributed by atoms with Crippen LogP contribution < -0.4 is 5.32 Å². The van der Waals surface area contributed by atoms with Gasteiger partial charge in [0.25, 0.3) is 5.78 Å². The van der Waals surface area contributed by atoms with E-state index in [0.29, 0.717) is 0 Å². The number of alkyl carbamates (subject to hydrolysis) is 1. The summed E-state index contributed by atoms with van der Waals surface area (Å²) in [5, 5.41) is 40.2. The molecule has 2 aromatic rings. The van der Waals surface area contributed by atoms with Crippen molar-refractivity contribution in [2.45, 2.75) is 128 Å². The number of esters is 3. The molecule has 3 fully saturated rings. The van der Waals surface area contributed by atoms with Gasteiger partial charge in [-0.05, 0) is 70.4 Å². The van der Waals surface area contributed by atoms with Crippen LogP contribution in [-0.2, 0) is 42.9 Å². The zero-order chi connectivity index (χ0) is 43.7. The van der Waals surface area contributed by atoms with Crippen LogP contribution in [0.1, 0.15) is 97.1 Å². The van der Waals surface area contributed by atoms with Gasteiger partial charge in [0.15, 0.2) is 11.4 Å². The quantitative estimate of drug-likeness (QED) is 0.129. The molecular weight excluding hydrogens is 766 g/mol. The summed E-state index contributed by atoms with van der Waals surface area (Å²) in [7, 11) is 0. The summed E-state index contributed by atoms with van der Waals surface area (Å²) in [6.07, 6.45) is -8.79. The number of carbonyl (C=O) groups excluding carboxylic acids is 6. The van der Waals surface area contributed by atoms with Crippen LogP contribution in [-0.4, -0.2) is 104 Å². The summed E-state index contributed by atoms with van der Waals surface area (Å²) in [5.74, 6) is -6.88. The van der Waals surface area contributed by atoms with Crippen LogP contribution in [0, 0.1) is 16.7 Å². The lowest BCUT2D eigenvalue weighted by Crippen LogP contribution is -2.85. The lowest BCUT2D eigenvalue weighted by atomic mass is 9.42. The minimum atomic E-state index is -2.40. The number of amides is 1. The highest BCUT2D eigenvalue weighted by Gasteiger charge is 2.81. The van der Waals surface area contributed by atoms with Crippen LogP contribution in [0.3, 0.4) is 0 Å². The van der Waals surface area contributed by atoms with Crippen molar-refractivity contribution in [1.82, 2.24) is 5.32 Å². The Morgan fingerprint density at radius 3 is 2.03 bits per heavy atom. The highest BCUT2D eigenvalue weighted by atomic mass is 16.6. The maximum absolute atomic E-state index is 15.0. The Balaban J connectivity index is 1.51. The van der Waals surface area contributed by atoms with E-state index in [4.69, 9.17) is 23.7 Å². The molecule has 1 heterocycles. The summed E-state index contributed by atoms with van der Waals surface area (Å²) >= 11 is 0. The van der Waals surface area contributed by atoms with Crippen LogP contribution >= 0.6 is 0 Å². The van der Waals surface area contributed by atoms with Crippen molar-refractivity contribution in [2.75, 3.05) is 6.61 Å². The first-order valence-electron chi connectivity index (χ1n) is 19.6. The third-order valence-electron chi connectivity index (χ3n) is 13.0. The van der Waals surface area contributed by atoms with Gasteiger partial charge in [-0.1, -0.05) is 62.4 Å². The maximum Gasteiger partial charge on any atom is 0.408 e. The molecule has 15 nitrogen and oxygen atoms in total. The molecule has 2 saturated carbocycles. The third kappa shape index (κ3) is 7.05. The molecule has 59 heavy (non-hydrogen) atoms. The minimum absolute atomic E-state index is 0.0651. The molecule has 10 atom stereocenters. The molecule has 318 valence electrons. The van der Waals surface area contributed by atoms with E-state index in [1.54, 1.807) is 64.1 Å². The summed E-state index contributed by atoms with van der Waals surface area (Å²) in [6, 6.07) is 14.2. The number of nitrogens with one attached hydrogen (secondary N) is 1. The summed E-state index contributed by atoms with van der Waals surface area (Å²) in [4.78, 5) is 83.2. The van der Waals surface area contributed by atoms with E-state index < -0.39 is 112 Å². The van der Waals surface area contributed by atoms with Crippen LogP contribution in [0.4, 0.5) is 4.79 Å². The van der Waals surface area contributed by atoms with Crippen LogP contribution in [0.15, 0.2) is 71.8 Å². The molecule has 3 aliphatic carbocycles. The molecule has 0 spiro atoms. The van der Waals surface area contributed by atoms with E-state index in [1.165, 1.54) is 52.0 Å². The number of ether oxygens (including phenoxy) is 5. The highest BCUT2D eigenvalue weighted by Crippen LogP contribution is 2.66. The maximum atomic E-state index is 15.0. The molecule has 4 aliphatic rings. The fourth-order valence-corrected chi connectivity index (χ4v) is 9.77. The van der Waals surface area contributed by atoms with Crippen molar-refractivity contribution in [2.24, 2.45) is 16.7 Å². The molecule has 1 saturated heterocycles. The van der Waals surface area contributed by atoms with Crippen LogP contribution in [0.25, 0.3) is 0 Å². The third-order valence-corrected chi connectivity index (χ3v) is 13.0. The Kier molecular flexibility index (Phi) is 11.0. The second kappa shape index (κ2) is 14.9. The van der Waals surface area contributed by atoms with Crippen molar-refractivity contribution < 1.29 is 67.8 Å². The second-order valence-electron chi connectivity index (χ2n) is 18.0. The number of aliphatic hydroxyl groups excluding tert-OH is 2. The Morgan fingerprint density at radius 2 is 1.49 bits per heavy atom. The minimum Gasteiger partial charge on any atom is -0.455 e. The lowest BCUT2D eigenvalue weighted by molar-refractivity contribution is -0.383. The van der Waals surface area contributed by atoms with Crippen molar-refractivity contribution in [1.29, 1.82) is 0 Å². The first-order valence-corrected chi connectivity index (χ1v) is 19.6. The Labute approximate surface area is 342 Å². The van der Waals surface area contributed by atoms with E-state index >= 15 is 4.79 Å². The fraction of sp³-hybridized carbons (Fsp3) is 0.545. The zero-order valence-electron chi connectivity index (χ0n) is 34.7. The number of aliphatic hydroxyl groups is 3. The van der Waals surface area contributed by atoms with Gasteiger partial charge in [-0.3, -0.25) is 14.4 Å². The highest BCUT2D eigenvalue weighted by molar-refractivity contribution is 6.36. The smallest absolute Gasteiger partial charge is 0.408 e. The fourth-order valence-electron chi connectivity index (χ4n) is 9.77. The van der Waals surface area contributed by atoms with Gasteiger partial charge in [-0.25, -0.2) is 14.4 Å². The van der Waals surface area contributed by atoms with Crippen molar-refractivity contribution in [3.63, 3.8) is 0 Å². The summed E-state index contributed by atoms with van der Waals surface area (Å²) < 4.78 is 29.7. The Hall–Kier alpha value is -4.96. The monoisotopic (exact) mass is 819 g/mol. The molecule has 0 aromatic heterocycles. The van der Waals surface area contributed by atoms with Gasteiger partial charge in [0.05, 0.1) is 29.6 Å². The van der Waals surface area contributed by atoms with E-state index in [0.717, 1.165) is 6.92 Å². The van der Waals surface area contributed by atoms with Gasteiger partial charge in [-0.2, -0.15) is 0 Å². The number of hydrogen-bond donors (Lipinski definition) is 4. The molecule has 4 N–H and O–H groups in total. The van der Waals surface area contributed by atoms with Crippen LogP contribution in [0.5, 0.6) is 0 Å². The predicted octanol–water partition coefficient (Wildman–Crippen LogP) is 3.86. The number of rotatable bonds is 8. The predicted molar refractivity (Wildman–Crippen MR) is 207 cm³/mol. The van der Waals surface area contributed by atoms with Crippen molar-refractivity contribution >= 4 is 35.6 Å². The number of Topliss-reactive ketones (excluding diaryl/α,β-unsaturated/α-hetero) is 2. The average molecular weight is 820 g/mol. The number of fused-ring (bicyclic) bond motifs is 5. The van der Waals surface area contributed by atoms with E-state index in [-0.39, 0.29) is 35.3 Å². The molecule has 0 radical (unpaired) electrons. The van der Waals surface area contributed by atoms with Gasteiger partial charge in [0, 0.05) is 25.2 Å². The molecule has 1 aliphatic heterocycles. The number of carbonyl (C=O) groups is 6. The van der Waals surface area contributed by atoms with Gasteiger partial charge >= 0.3 is 24.0 Å². The second-order valence-corrected chi connectivity index (χ2v) is 18.0. The van der Waals surface area contributed by atoms with Crippen molar-refractivity contribution in [3.05, 3.63) is 82.9 Å². The van der Waals surface area contributed by atoms with Gasteiger partial charge in [0.2, 0.25) is 0 Å². The zero-order valence-corrected chi connectivity index (χ0v) is 34.7. The summed E-state index contributed by atoms with van der Waals surface area (Å²) in [6.45, 7) is 13.2. The Bertz CT molecular complexity index is 2080.